The summed E-state index contributed by atoms with van der Waals surface area (Å²) in [6.45, 7) is 10.2. The van der Waals surface area contributed by atoms with Gasteiger partial charge in [-0.25, -0.2) is 8.42 Å². The molecule has 0 fully saturated rings. The first-order valence-electron chi connectivity index (χ1n) is 6.88. The van der Waals surface area contributed by atoms with Crippen LogP contribution in [0.2, 0.25) is 0 Å². The molecular formula is C14H25NO4S. The molecule has 116 valence electrons. The Morgan fingerprint density at radius 3 is 2.05 bits per heavy atom. The summed E-state index contributed by atoms with van der Waals surface area (Å²) < 4.78 is 32.2. The van der Waals surface area contributed by atoms with E-state index in [-0.39, 0.29) is 29.1 Å². The SMILES string of the molecule is Cc1oc(CO)cc1S(=O)(=O)N(CC(C)C)CC(C)C. The maximum atomic E-state index is 12.7. The fraction of sp³-hybridized carbons (Fsp3) is 0.714. The largest absolute Gasteiger partial charge is 0.462 e. The molecule has 20 heavy (non-hydrogen) atoms. The number of hydrogen-bond donors (Lipinski definition) is 1. The van der Waals surface area contributed by atoms with E-state index in [1.165, 1.54) is 10.4 Å². The molecule has 0 aromatic carbocycles. The minimum Gasteiger partial charge on any atom is -0.462 e. The van der Waals surface area contributed by atoms with Gasteiger partial charge in [-0.2, -0.15) is 4.31 Å². The molecule has 0 aliphatic rings. The van der Waals surface area contributed by atoms with Crippen molar-refractivity contribution in [3.05, 3.63) is 17.6 Å². The third kappa shape index (κ3) is 4.07. The Labute approximate surface area is 121 Å². The molecule has 0 aliphatic carbocycles. The van der Waals surface area contributed by atoms with Crippen LogP contribution in [0, 0.1) is 18.8 Å². The first-order chi connectivity index (χ1) is 9.18. The van der Waals surface area contributed by atoms with E-state index >= 15 is 0 Å². The van der Waals surface area contributed by atoms with Gasteiger partial charge in [-0.3, -0.25) is 0 Å². The highest BCUT2D eigenvalue weighted by Gasteiger charge is 2.29. The third-order valence-corrected chi connectivity index (χ3v) is 4.77. The van der Waals surface area contributed by atoms with Crippen LogP contribution in [0.5, 0.6) is 0 Å². The zero-order chi connectivity index (χ0) is 15.5. The smallest absolute Gasteiger partial charge is 0.246 e. The molecule has 0 radical (unpaired) electrons. The minimum absolute atomic E-state index is 0.155. The van der Waals surface area contributed by atoms with Gasteiger partial charge in [0.1, 0.15) is 23.0 Å². The summed E-state index contributed by atoms with van der Waals surface area (Å²) in [6, 6.07) is 1.42. The number of aryl methyl sites for hydroxylation is 1. The average molecular weight is 303 g/mol. The quantitative estimate of drug-likeness (QED) is 0.839. The summed E-state index contributed by atoms with van der Waals surface area (Å²) in [5.74, 6) is 1.09. The van der Waals surface area contributed by atoms with Crippen LogP contribution in [0.4, 0.5) is 0 Å². The molecule has 1 heterocycles. The standard InChI is InChI=1S/C14H25NO4S/c1-10(2)7-15(8-11(3)4)20(17,18)14-6-13(9-16)19-12(14)5/h6,10-11,16H,7-9H2,1-5H3. The molecule has 6 heteroatoms. The van der Waals surface area contributed by atoms with Gasteiger partial charge in [-0.05, 0) is 18.8 Å². The van der Waals surface area contributed by atoms with Crippen molar-refractivity contribution in [3.8, 4) is 0 Å². The highest BCUT2D eigenvalue weighted by molar-refractivity contribution is 7.89. The van der Waals surface area contributed by atoms with Crippen molar-refractivity contribution in [2.75, 3.05) is 13.1 Å². The first kappa shape index (κ1) is 17.2. The van der Waals surface area contributed by atoms with Crippen molar-refractivity contribution >= 4 is 10.0 Å². The molecule has 0 saturated carbocycles. The van der Waals surface area contributed by atoms with Crippen LogP contribution in [0.25, 0.3) is 0 Å². The molecule has 0 unspecified atom stereocenters. The van der Waals surface area contributed by atoms with Crippen molar-refractivity contribution in [1.29, 1.82) is 0 Å². The average Bonchev–Trinajstić information content (AvgIpc) is 2.69. The fourth-order valence-electron chi connectivity index (χ4n) is 2.08. The van der Waals surface area contributed by atoms with Crippen LogP contribution in [0.1, 0.15) is 39.2 Å². The first-order valence-corrected chi connectivity index (χ1v) is 8.32. The lowest BCUT2D eigenvalue weighted by molar-refractivity contribution is 0.244. The Morgan fingerprint density at radius 2 is 1.70 bits per heavy atom. The minimum atomic E-state index is -3.58. The number of nitrogens with zero attached hydrogens (tertiary/aromatic N) is 1. The van der Waals surface area contributed by atoms with E-state index in [2.05, 4.69) is 0 Å². The summed E-state index contributed by atoms with van der Waals surface area (Å²) in [4.78, 5) is 0.155. The van der Waals surface area contributed by atoms with E-state index in [1.54, 1.807) is 6.92 Å². The van der Waals surface area contributed by atoms with E-state index in [4.69, 9.17) is 9.52 Å². The molecular weight excluding hydrogens is 278 g/mol. The summed E-state index contributed by atoms with van der Waals surface area (Å²) in [6.07, 6.45) is 0. The molecule has 0 saturated heterocycles. The molecule has 1 aromatic heterocycles. The third-order valence-electron chi connectivity index (χ3n) is 2.83. The maximum absolute atomic E-state index is 12.7. The zero-order valence-electron chi connectivity index (χ0n) is 12.9. The second-order valence-electron chi connectivity index (χ2n) is 5.90. The number of rotatable bonds is 7. The second kappa shape index (κ2) is 6.74. The van der Waals surface area contributed by atoms with E-state index in [0.717, 1.165) is 0 Å². The highest BCUT2D eigenvalue weighted by Crippen LogP contribution is 2.25. The predicted molar refractivity (Wildman–Crippen MR) is 77.8 cm³/mol. The molecule has 5 nitrogen and oxygen atoms in total. The van der Waals surface area contributed by atoms with Crippen molar-refractivity contribution < 1.29 is 17.9 Å². The van der Waals surface area contributed by atoms with Gasteiger partial charge in [0.25, 0.3) is 0 Å². The molecule has 0 amide bonds. The Balaban J connectivity index is 3.17. The number of aliphatic hydroxyl groups excluding tert-OH is 1. The normalized spacial score (nSPS) is 12.8. The van der Waals surface area contributed by atoms with Crippen molar-refractivity contribution in [2.45, 2.75) is 46.1 Å². The van der Waals surface area contributed by atoms with Crippen LogP contribution in [-0.4, -0.2) is 30.9 Å². The van der Waals surface area contributed by atoms with E-state index in [9.17, 15) is 8.42 Å². The summed E-state index contributed by atoms with van der Waals surface area (Å²) in [5.41, 5.74) is 0. The number of sulfonamides is 1. The molecule has 0 aliphatic heterocycles. The second-order valence-corrected chi connectivity index (χ2v) is 7.81. The lowest BCUT2D eigenvalue weighted by Gasteiger charge is -2.25. The van der Waals surface area contributed by atoms with Crippen LogP contribution in [-0.2, 0) is 16.6 Å². The van der Waals surface area contributed by atoms with E-state index < -0.39 is 10.0 Å². The molecule has 0 atom stereocenters. The van der Waals surface area contributed by atoms with Crippen molar-refractivity contribution in [2.24, 2.45) is 11.8 Å². The van der Waals surface area contributed by atoms with Gasteiger partial charge in [0.2, 0.25) is 10.0 Å². The Kier molecular flexibility index (Phi) is 5.79. The number of aliphatic hydroxyl groups is 1. The predicted octanol–water partition coefficient (Wildman–Crippen LogP) is 2.38. The van der Waals surface area contributed by atoms with E-state index in [0.29, 0.717) is 18.8 Å². The van der Waals surface area contributed by atoms with Crippen LogP contribution in [0.15, 0.2) is 15.4 Å². The Bertz CT molecular complexity index is 521. The van der Waals surface area contributed by atoms with Gasteiger partial charge >= 0.3 is 0 Å². The van der Waals surface area contributed by atoms with Crippen LogP contribution < -0.4 is 0 Å². The summed E-state index contributed by atoms with van der Waals surface area (Å²) in [7, 11) is -3.58. The van der Waals surface area contributed by atoms with Gasteiger partial charge in [0, 0.05) is 19.2 Å². The number of furan rings is 1. The molecule has 1 N–H and O–H groups in total. The van der Waals surface area contributed by atoms with Gasteiger partial charge in [-0.1, -0.05) is 27.7 Å². The van der Waals surface area contributed by atoms with Crippen LogP contribution in [0.3, 0.4) is 0 Å². The lowest BCUT2D eigenvalue weighted by atomic mass is 10.2. The lowest BCUT2D eigenvalue weighted by Crippen LogP contribution is -2.37. The molecule has 1 aromatic rings. The van der Waals surface area contributed by atoms with Crippen LogP contribution >= 0.6 is 0 Å². The van der Waals surface area contributed by atoms with Gasteiger partial charge in [0.15, 0.2) is 0 Å². The fourth-order valence-corrected chi connectivity index (χ4v) is 4.03. The molecule has 0 spiro atoms. The topological polar surface area (TPSA) is 70.8 Å². The molecule has 1 rings (SSSR count). The maximum Gasteiger partial charge on any atom is 0.246 e. The summed E-state index contributed by atoms with van der Waals surface area (Å²) >= 11 is 0. The van der Waals surface area contributed by atoms with Gasteiger partial charge < -0.3 is 9.52 Å². The zero-order valence-corrected chi connectivity index (χ0v) is 13.7. The van der Waals surface area contributed by atoms with Crippen molar-refractivity contribution in [3.63, 3.8) is 0 Å². The monoisotopic (exact) mass is 303 g/mol. The summed E-state index contributed by atoms with van der Waals surface area (Å²) in [5, 5.41) is 9.07. The van der Waals surface area contributed by atoms with E-state index in [1.807, 2.05) is 27.7 Å². The van der Waals surface area contributed by atoms with Gasteiger partial charge in [0.05, 0.1) is 0 Å². The Morgan fingerprint density at radius 1 is 1.20 bits per heavy atom. The highest BCUT2D eigenvalue weighted by atomic mass is 32.2. The molecule has 0 bridgehead atoms. The van der Waals surface area contributed by atoms with Gasteiger partial charge in [-0.15, -0.1) is 0 Å². The number of hydrogen-bond acceptors (Lipinski definition) is 4. The van der Waals surface area contributed by atoms with Crippen molar-refractivity contribution in [1.82, 2.24) is 4.31 Å². The Hall–Kier alpha value is -0.850.